The quantitative estimate of drug-likeness (QED) is 0.918. The fourth-order valence-corrected chi connectivity index (χ4v) is 3.01. The number of amides is 1. The number of piperidine rings is 1. The third kappa shape index (κ3) is 3.76. The van der Waals surface area contributed by atoms with Gasteiger partial charge in [0, 0.05) is 31.4 Å². The predicted molar refractivity (Wildman–Crippen MR) is 80.5 cm³/mol. The lowest BCUT2D eigenvalue weighted by Crippen LogP contribution is -2.38. The summed E-state index contributed by atoms with van der Waals surface area (Å²) in [6.45, 7) is 1.38. The van der Waals surface area contributed by atoms with Crippen LogP contribution in [0.4, 0.5) is 19.7 Å². The third-order valence-electron chi connectivity index (χ3n) is 3.60. The molecule has 2 aromatic heterocycles. The summed E-state index contributed by atoms with van der Waals surface area (Å²) in [4.78, 5) is 22.5. The van der Waals surface area contributed by atoms with Crippen LogP contribution in [0, 0.1) is 5.92 Å². The molecule has 1 amide bonds. The molecule has 10 heteroatoms. The topological polar surface area (TPSA) is 83.9 Å². The van der Waals surface area contributed by atoms with Crippen LogP contribution in [0.1, 0.15) is 24.3 Å². The lowest BCUT2D eigenvalue weighted by atomic mass is 9.96. The molecule has 1 fully saturated rings. The number of hydrogen-bond donors (Lipinski definition) is 1. The van der Waals surface area contributed by atoms with Gasteiger partial charge in [-0.25, -0.2) is 13.8 Å². The zero-order valence-corrected chi connectivity index (χ0v) is 12.8. The highest BCUT2D eigenvalue weighted by atomic mass is 32.1. The van der Waals surface area contributed by atoms with E-state index in [1.165, 1.54) is 0 Å². The maximum Gasteiger partial charge on any atom is 0.291 e. The number of rotatable bonds is 4. The monoisotopic (exact) mass is 340 g/mol. The van der Waals surface area contributed by atoms with Gasteiger partial charge in [0.15, 0.2) is 5.01 Å². The first-order valence-electron chi connectivity index (χ1n) is 7.07. The number of anilines is 2. The number of hydrogen-bond acceptors (Lipinski definition) is 7. The Morgan fingerprint density at radius 3 is 2.70 bits per heavy atom. The minimum atomic E-state index is -2.67. The van der Waals surface area contributed by atoms with Crippen LogP contribution in [0.2, 0.25) is 0 Å². The van der Waals surface area contributed by atoms with Crippen LogP contribution in [-0.2, 0) is 4.79 Å². The molecule has 1 aliphatic heterocycles. The van der Waals surface area contributed by atoms with Crippen molar-refractivity contribution in [3.05, 3.63) is 23.6 Å². The number of alkyl halides is 2. The van der Waals surface area contributed by atoms with Crippen molar-refractivity contribution in [3.8, 4) is 0 Å². The van der Waals surface area contributed by atoms with Gasteiger partial charge in [-0.3, -0.25) is 9.78 Å². The summed E-state index contributed by atoms with van der Waals surface area (Å²) in [6.07, 6.45) is 3.57. The van der Waals surface area contributed by atoms with Gasteiger partial charge < -0.3 is 10.2 Å². The van der Waals surface area contributed by atoms with E-state index < -0.39 is 11.4 Å². The average molecular weight is 340 g/mol. The summed E-state index contributed by atoms with van der Waals surface area (Å²) in [5.74, 6) is 0.402. The van der Waals surface area contributed by atoms with Gasteiger partial charge in [-0.1, -0.05) is 11.3 Å². The molecule has 0 spiro atoms. The summed E-state index contributed by atoms with van der Waals surface area (Å²) >= 11 is 0.698. The van der Waals surface area contributed by atoms with Crippen molar-refractivity contribution >= 4 is 28.2 Å². The Kier molecular flexibility index (Phi) is 4.70. The van der Waals surface area contributed by atoms with E-state index in [9.17, 15) is 13.6 Å². The van der Waals surface area contributed by atoms with Gasteiger partial charge in [-0.15, -0.1) is 10.2 Å². The molecular weight excluding hydrogens is 326 g/mol. The Bertz CT molecular complexity index is 659. The maximum absolute atomic E-state index is 12.5. The zero-order valence-electron chi connectivity index (χ0n) is 12.0. The fraction of sp³-hybridized carbons (Fsp3) is 0.462. The lowest BCUT2D eigenvalue weighted by molar-refractivity contribution is -0.120. The summed E-state index contributed by atoms with van der Waals surface area (Å²) < 4.78 is 24.9. The second-order valence-corrected chi connectivity index (χ2v) is 6.07. The molecule has 122 valence electrons. The normalized spacial score (nSPS) is 15.9. The van der Waals surface area contributed by atoms with Crippen LogP contribution in [0.25, 0.3) is 0 Å². The molecule has 0 unspecified atom stereocenters. The van der Waals surface area contributed by atoms with E-state index in [0.29, 0.717) is 37.3 Å². The average Bonchev–Trinajstić information content (AvgIpc) is 3.04. The molecule has 1 N–H and O–H groups in total. The van der Waals surface area contributed by atoms with Crippen LogP contribution in [0.5, 0.6) is 0 Å². The zero-order chi connectivity index (χ0) is 16.2. The van der Waals surface area contributed by atoms with Crippen molar-refractivity contribution in [2.75, 3.05) is 23.3 Å². The smallest absolute Gasteiger partial charge is 0.291 e. The van der Waals surface area contributed by atoms with Gasteiger partial charge in [0.05, 0.1) is 6.20 Å². The maximum atomic E-state index is 12.5. The predicted octanol–water partition coefficient (Wildman–Crippen LogP) is 2.12. The van der Waals surface area contributed by atoms with Crippen molar-refractivity contribution in [1.82, 2.24) is 20.2 Å². The minimum Gasteiger partial charge on any atom is -0.355 e. The van der Waals surface area contributed by atoms with E-state index in [1.54, 1.807) is 18.6 Å². The number of nitrogens with one attached hydrogen (secondary N) is 1. The molecule has 0 atom stereocenters. The van der Waals surface area contributed by atoms with Crippen molar-refractivity contribution < 1.29 is 13.6 Å². The molecular formula is C13H14F2N6OS. The number of aromatic nitrogens is 4. The van der Waals surface area contributed by atoms with Crippen LogP contribution in [0.15, 0.2) is 18.6 Å². The third-order valence-corrected chi connectivity index (χ3v) is 4.44. The Morgan fingerprint density at radius 2 is 2.09 bits per heavy atom. The molecule has 0 saturated carbocycles. The number of nitrogens with zero attached hydrogens (tertiary/aromatic N) is 5. The molecule has 1 saturated heterocycles. The molecule has 3 heterocycles. The van der Waals surface area contributed by atoms with Gasteiger partial charge in [0.25, 0.3) is 6.43 Å². The molecule has 2 aromatic rings. The van der Waals surface area contributed by atoms with Gasteiger partial charge in [0.2, 0.25) is 11.0 Å². The van der Waals surface area contributed by atoms with E-state index in [2.05, 4.69) is 30.4 Å². The summed E-state index contributed by atoms with van der Waals surface area (Å²) in [6, 6.07) is 0. The highest BCUT2D eigenvalue weighted by Crippen LogP contribution is 2.27. The van der Waals surface area contributed by atoms with E-state index in [-0.39, 0.29) is 17.0 Å². The highest BCUT2D eigenvalue weighted by Gasteiger charge is 2.26. The Morgan fingerprint density at radius 1 is 1.30 bits per heavy atom. The van der Waals surface area contributed by atoms with Gasteiger partial charge in [0.1, 0.15) is 5.82 Å². The van der Waals surface area contributed by atoms with Gasteiger partial charge in [-0.2, -0.15) is 0 Å². The number of carbonyl (C=O) groups excluding carboxylic acids is 1. The van der Waals surface area contributed by atoms with Crippen molar-refractivity contribution in [3.63, 3.8) is 0 Å². The van der Waals surface area contributed by atoms with Crippen molar-refractivity contribution in [2.45, 2.75) is 19.3 Å². The lowest BCUT2D eigenvalue weighted by Gasteiger charge is -2.31. The van der Waals surface area contributed by atoms with Gasteiger partial charge in [-0.05, 0) is 12.8 Å². The van der Waals surface area contributed by atoms with Gasteiger partial charge >= 0.3 is 0 Å². The standard InChI is InChI=1S/C13H14F2N6OS/c14-10(15)12-19-20-13(23-12)18-11(22)8-1-5-21(6-2-8)9-7-16-3-4-17-9/h3-4,7-8,10H,1-2,5-6H2,(H,18,20,22). The molecule has 0 radical (unpaired) electrons. The second kappa shape index (κ2) is 6.90. The fourth-order valence-electron chi connectivity index (χ4n) is 2.41. The first kappa shape index (κ1) is 15.7. The summed E-state index contributed by atoms with van der Waals surface area (Å²) in [5.41, 5.74) is 0. The minimum absolute atomic E-state index is 0.113. The molecule has 0 bridgehead atoms. The molecule has 3 rings (SSSR count). The number of halogens is 2. The largest absolute Gasteiger partial charge is 0.355 e. The SMILES string of the molecule is O=C(Nc1nnc(C(F)F)s1)C1CCN(c2cnccn2)CC1. The first-order chi connectivity index (χ1) is 11.1. The van der Waals surface area contributed by atoms with E-state index >= 15 is 0 Å². The van der Waals surface area contributed by atoms with E-state index in [0.717, 1.165) is 5.82 Å². The second-order valence-electron chi connectivity index (χ2n) is 5.06. The van der Waals surface area contributed by atoms with Crippen LogP contribution in [0.3, 0.4) is 0 Å². The van der Waals surface area contributed by atoms with E-state index in [4.69, 9.17) is 0 Å². The first-order valence-corrected chi connectivity index (χ1v) is 7.88. The van der Waals surface area contributed by atoms with Crippen LogP contribution < -0.4 is 10.2 Å². The summed E-state index contributed by atoms with van der Waals surface area (Å²) in [7, 11) is 0. The molecule has 0 aliphatic carbocycles. The van der Waals surface area contributed by atoms with Crippen molar-refractivity contribution in [1.29, 1.82) is 0 Å². The molecule has 0 aromatic carbocycles. The highest BCUT2D eigenvalue weighted by molar-refractivity contribution is 7.15. The van der Waals surface area contributed by atoms with Crippen LogP contribution in [-0.4, -0.2) is 39.2 Å². The van der Waals surface area contributed by atoms with E-state index in [1.807, 2.05) is 0 Å². The number of carbonyl (C=O) groups is 1. The molecule has 23 heavy (non-hydrogen) atoms. The molecule has 1 aliphatic rings. The Balaban J connectivity index is 1.53. The Labute approximate surface area is 134 Å². The van der Waals surface area contributed by atoms with Crippen molar-refractivity contribution in [2.24, 2.45) is 5.92 Å². The summed E-state index contributed by atoms with van der Waals surface area (Å²) in [5, 5.41) is 9.20. The van der Waals surface area contributed by atoms with Crippen LogP contribution >= 0.6 is 11.3 Å². The Hall–Kier alpha value is -2.23. The molecule has 7 nitrogen and oxygen atoms in total.